The van der Waals surface area contributed by atoms with Crippen LogP contribution in [0.1, 0.15) is 110 Å². The number of hydrogen-bond donors (Lipinski definition) is 1. The first-order chi connectivity index (χ1) is 19.1. The Labute approximate surface area is 237 Å². The molecule has 0 aliphatic carbocycles. The van der Waals surface area contributed by atoms with Crippen molar-refractivity contribution in [2.24, 2.45) is 0 Å². The van der Waals surface area contributed by atoms with Gasteiger partial charge in [0.05, 0.1) is 6.61 Å². The predicted molar refractivity (Wildman–Crippen MR) is 155 cm³/mol. The van der Waals surface area contributed by atoms with Crippen molar-refractivity contribution in [1.29, 1.82) is 0 Å². The zero-order valence-corrected chi connectivity index (χ0v) is 24.5. The summed E-state index contributed by atoms with van der Waals surface area (Å²) < 4.78 is 20.9. The number of carboxylic acid groups (broad SMARTS) is 1. The molecule has 39 heavy (non-hydrogen) atoms. The van der Waals surface area contributed by atoms with Gasteiger partial charge in [-0.05, 0) is 77.4 Å². The Balaban J connectivity index is 1.96. The first kappa shape index (κ1) is 35.1. The third-order valence-electron chi connectivity index (χ3n) is 6.70. The lowest BCUT2D eigenvalue weighted by atomic mass is 10.1. The second kappa shape index (κ2) is 26.3. The Kier molecular flexibility index (Phi) is 23.7. The molecule has 0 radical (unpaired) electrons. The zero-order valence-electron chi connectivity index (χ0n) is 24.5. The van der Waals surface area contributed by atoms with Crippen LogP contribution >= 0.6 is 0 Å². The Bertz CT molecular complexity index is 647. The molecule has 226 valence electrons. The molecular weight excluding hydrogens is 498 g/mol. The molecule has 8 heteroatoms. The molecule has 0 aromatic heterocycles. The molecule has 1 rings (SSSR count). The zero-order chi connectivity index (χ0) is 28.2. The van der Waals surface area contributed by atoms with Crippen molar-refractivity contribution < 1.29 is 33.6 Å². The van der Waals surface area contributed by atoms with E-state index in [4.69, 9.17) is 19.3 Å². The van der Waals surface area contributed by atoms with E-state index in [0.717, 1.165) is 51.7 Å². The van der Waals surface area contributed by atoms with Crippen LogP contribution in [-0.4, -0.2) is 74.5 Å². The molecular formula is C31H55NO7. The van der Waals surface area contributed by atoms with Gasteiger partial charge in [-0.3, -0.25) is 4.79 Å². The summed E-state index contributed by atoms with van der Waals surface area (Å²) in [7, 11) is 0. The van der Waals surface area contributed by atoms with Crippen LogP contribution in [0.25, 0.3) is 0 Å². The van der Waals surface area contributed by atoms with Crippen molar-refractivity contribution in [3.8, 4) is 0 Å². The summed E-state index contributed by atoms with van der Waals surface area (Å²) in [6.07, 6.45) is 24.8. The van der Waals surface area contributed by atoms with Gasteiger partial charge in [-0.15, -0.1) is 0 Å². The van der Waals surface area contributed by atoms with E-state index in [1.165, 1.54) is 64.2 Å². The van der Waals surface area contributed by atoms with E-state index in [1.807, 2.05) is 0 Å². The van der Waals surface area contributed by atoms with Gasteiger partial charge >= 0.3 is 12.1 Å². The Hall–Kier alpha value is -1.90. The number of esters is 1. The van der Waals surface area contributed by atoms with Gasteiger partial charge in [-0.25, -0.2) is 4.79 Å². The molecule has 1 heterocycles. The van der Waals surface area contributed by atoms with Crippen LogP contribution < -0.4 is 0 Å². The highest BCUT2D eigenvalue weighted by Gasteiger charge is 2.18. The third kappa shape index (κ3) is 23.7. The van der Waals surface area contributed by atoms with E-state index in [2.05, 4.69) is 40.9 Å². The lowest BCUT2D eigenvalue weighted by molar-refractivity contribution is -0.159. The van der Waals surface area contributed by atoms with Gasteiger partial charge in [0.2, 0.25) is 0 Å². The smallest absolute Gasteiger partial charge is 0.456 e. The molecule has 1 aliphatic heterocycles. The van der Waals surface area contributed by atoms with E-state index < -0.39 is 12.3 Å². The molecule has 0 saturated carbocycles. The highest BCUT2D eigenvalue weighted by Crippen LogP contribution is 2.10. The standard InChI is InChI=1S/C31H55NO7/c1-2-3-4-5-6-7-8-9-10-11-12-13-14-15-16-19-25-36-28-37-26-29(27-38-31(34)35)39-30(33)21-20-24-32-22-17-18-23-32/h6-7,9-10,29H,2-5,8,11-28H2,1H3,(H,34,35)/b7-6-,10-9-. The SMILES string of the molecule is CCCCC/C=C\C/C=C\CCCCCCCCOCOCC(COC(=O)O)OC(=O)CCCN1CCCC1. The molecule has 1 atom stereocenters. The fraction of sp³-hybridized carbons (Fsp3) is 0.806. The van der Waals surface area contributed by atoms with E-state index in [0.29, 0.717) is 13.0 Å². The highest BCUT2D eigenvalue weighted by molar-refractivity contribution is 5.69. The largest absolute Gasteiger partial charge is 0.505 e. The van der Waals surface area contributed by atoms with Gasteiger partial charge in [-0.2, -0.15) is 0 Å². The Morgan fingerprint density at radius 3 is 2.18 bits per heavy atom. The number of likely N-dealkylation sites (tertiary alicyclic amines) is 1. The van der Waals surface area contributed by atoms with Gasteiger partial charge in [0.25, 0.3) is 0 Å². The van der Waals surface area contributed by atoms with Crippen LogP contribution in [0.5, 0.6) is 0 Å². The van der Waals surface area contributed by atoms with Crippen LogP contribution in [-0.2, 0) is 23.7 Å². The van der Waals surface area contributed by atoms with Crippen molar-refractivity contribution in [2.75, 3.05) is 46.2 Å². The van der Waals surface area contributed by atoms with E-state index in [1.54, 1.807) is 0 Å². The van der Waals surface area contributed by atoms with Crippen LogP contribution in [0.4, 0.5) is 4.79 Å². The normalized spacial score (nSPS) is 14.9. The first-order valence-electron chi connectivity index (χ1n) is 15.3. The molecule has 1 unspecified atom stereocenters. The minimum Gasteiger partial charge on any atom is -0.456 e. The summed E-state index contributed by atoms with van der Waals surface area (Å²) in [5, 5.41) is 8.76. The Morgan fingerprint density at radius 2 is 1.49 bits per heavy atom. The summed E-state index contributed by atoms with van der Waals surface area (Å²) in [5.41, 5.74) is 0. The topological polar surface area (TPSA) is 94.5 Å². The molecule has 1 fully saturated rings. The molecule has 0 spiro atoms. The van der Waals surface area contributed by atoms with Gasteiger partial charge in [-0.1, -0.05) is 69.8 Å². The lowest BCUT2D eigenvalue weighted by Crippen LogP contribution is -2.30. The third-order valence-corrected chi connectivity index (χ3v) is 6.70. The summed E-state index contributed by atoms with van der Waals surface area (Å²) in [5.74, 6) is -0.362. The molecule has 0 amide bonds. The average molecular weight is 554 g/mol. The minimum atomic E-state index is -1.40. The maximum atomic E-state index is 12.1. The molecule has 0 aromatic carbocycles. The van der Waals surface area contributed by atoms with E-state index in [-0.39, 0.29) is 26.0 Å². The van der Waals surface area contributed by atoms with Crippen LogP contribution in [0.2, 0.25) is 0 Å². The fourth-order valence-corrected chi connectivity index (χ4v) is 4.47. The monoisotopic (exact) mass is 553 g/mol. The number of allylic oxidation sites excluding steroid dienone is 4. The summed E-state index contributed by atoms with van der Waals surface area (Å²) in [4.78, 5) is 25.2. The molecule has 8 nitrogen and oxygen atoms in total. The summed E-state index contributed by atoms with van der Waals surface area (Å²) >= 11 is 0. The quantitative estimate of drug-likeness (QED) is 0.0517. The molecule has 1 saturated heterocycles. The highest BCUT2D eigenvalue weighted by atomic mass is 16.7. The van der Waals surface area contributed by atoms with Crippen molar-refractivity contribution in [3.05, 3.63) is 24.3 Å². The minimum absolute atomic E-state index is 0.0365. The number of rotatable bonds is 26. The number of carbonyl (C=O) groups excluding carboxylic acids is 1. The first-order valence-corrected chi connectivity index (χ1v) is 15.3. The fourth-order valence-electron chi connectivity index (χ4n) is 4.47. The second-order valence-corrected chi connectivity index (χ2v) is 10.3. The number of ether oxygens (including phenoxy) is 4. The number of unbranched alkanes of at least 4 members (excludes halogenated alkanes) is 9. The maximum Gasteiger partial charge on any atom is 0.505 e. The van der Waals surface area contributed by atoms with Crippen LogP contribution in [0, 0.1) is 0 Å². The van der Waals surface area contributed by atoms with Gasteiger partial charge < -0.3 is 29.0 Å². The van der Waals surface area contributed by atoms with Gasteiger partial charge in [0.1, 0.15) is 13.4 Å². The van der Waals surface area contributed by atoms with Gasteiger partial charge in [0.15, 0.2) is 6.10 Å². The van der Waals surface area contributed by atoms with E-state index in [9.17, 15) is 9.59 Å². The van der Waals surface area contributed by atoms with Crippen LogP contribution in [0.15, 0.2) is 24.3 Å². The molecule has 1 aliphatic rings. The number of carbonyl (C=O) groups is 2. The maximum absolute atomic E-state index is 12.1. The Morgan fingerprint density at radius 1 is 0.821 bits per heavy atom. The number of hydrogen-bond acceptors (Lipinski definition) is 7. The van der Waals surface area contributed by atoms with Crippen molar-refractivity contribution in [2.45, 2.75) is 116 Å². The second-order valence-electron chi connectivity index (χ2n) is 10.3. The molecule has 0 aromatic rings. The number of nitrogens with zero attached hydrogens (tertiary/aromatic N) is 1. The van der Waals surface area contributed by atoms with Crippen LogP contribution in [0.3, 0.4) is 0 Å². The van der Waals surface area contributed by atoms with E-state index >= 15 is 0 Å². The van der Waals surface area contributed by atoms with Crippen molar-refractivity contribution in [3.63, 3.8) is 0 Å². The predicted octanol–water partition coefficient (Wildman–Crippen LogP) is 7.27. The molecule has 1 N–H and O–H groups in total. The van der Waals surface area contributed by atoms with Crippen molar-refractivity contribution >= 4 is 12.1 Å². The average Bonchev–Trinajstić information content (AvgIpc) is 3.44. The summed E-state index contributed by atoms with van der Waals surface area (Å²) in [6, 6.07) is 0. The molecule has 0 bridgehead atoms. The summed E-state index contributed by atoms with van der Waals surface area (Å²) in [6.45, 7) is 5.78. The lowest BCUT2D eigenvalue weighted by Gasteiger charge is -2.18. The van der Waals surface area contributed by atoms with Crippen molar-refractivity contribution in [1.82, 2.24) is 4.90 Å². The van der Waals surface area contributed by atoms with Gasteiger partial charge in [0, 0.05) is 13.0 Å².